The van der Waals surface area contributed by atoms with Crippen molar-refractivity contribution in [1.29, 1.82) is 26.3 Å². The number of hydrogen-bond acceptors (Lipinski definition) is 30. The van der Waals surface area contributed by atoms with E-state index in [0.29, 0.717) is 118 Å². The van der Waals surface area contributed by atoms with Gasteiger partial charge in [-0.25, -0.2) is 29.9 Å². The number of aromatic nitrogens is 9. The number of nitrogens with two attached hydrogens (primary N) is 9. The zero-order valence-electron chi connectivity index (χ0n) is 70.6. The molecule has 0 saturated heterocycles. The van der Waals surface area contributed by atoms with Crippen molar-refractivity contribution in [2.24, 2.45) is 45.9 Å². The standard InChI is InChI=1S/C19H20N6O2.C19H18N6O.3C10H11ClN4O.C9H8N2.C6H2Cl2N2.C4H10N2O.CH4.ClH/c1-2-14(18(21)27)24-16-8-7-13(17(20)26)19(25-16)23-12-9-11-5-3-4-6-15(11)22-10-12;1-2-15(18(21)26)24-17-8-7-13(10-20)19(25-17)23-14-9-12-5-3-4-6-16(12)22-11-14;1-2-7(9(13)16)14-10-6(5-12)3-4-8(11)15-10;2*1-2-7(10(13)16)14-8-4-3-6(5-12)9(11)15-8;10-8-5-7-3-1-2-4-9(7)11-6-8;7-5-2-1-4(3-9)6(8)10-5;1-2-3(5)4(6)7;;/h3-10,14H,2H2,1H3,(H2,20,26)(H2,21,27)(H2,23,24,25);3-9,11,15H,2H2,1H3,(H2,21,26)(H2,23,24,25);3*3-4,7H,2H2,1H3,(H2,13,16)(H,14,15);1-6H,10H2;1-2H;3H,2,5H2,1H3,(H2,6,7);1H4;1H/t14-;15-;3*7-;;;3-;;/m11111..1../s1. The Morgan fingerprint density at radius 1 is 0.351 bits per heavy atom. The molecule has 37 nitrogen and oxygen atoms in total. The van der Waals surface area contributed by atoms with Crippen LogP contribution in [-0.2, 0) is 28.8 Å². The summed E-state index contributed by atoms with van der Waals surface area (Å²) in [4.78, 5) is 115. The largest absolute Gasteiger partial charge is 0.397 e. The van der Waals surface area contributed by atoms with Crippen LogP contribution in [0.3, 0.4) is 0 Å². The highest BCUT2D eigenvalue weighted by Crippen LogP contribution is 2.28. The third-order valence-corrected chi connectivity index (χ3v) is 18.8. The quantitative estimate of drug-likeness (QED) is 0.0213. The van der Waals surface area contributed by atoms with Crippen molar-refractivity contribution in [3.63, 3.8) is 0 Å². The van der Waals surface area contributed by atoms with Crippen LogP contribution in [-0.4, -0.2) is 122 Å². The number of fused-ring (bicyclic) bond motifs is 3. The van der Waals surface area contributed by atoms with Gasteiger partial charge < -0.3 is 88.8 Å². The third-order valence-electron chi connectivity index (χ3n) is 17.5. The van der Waals surface area contributed by atoms with Gasteiger partial charge in [-0.1, -0.05) is 162 Å². The fraction of sp³-hybridized carbons (Fsp3) is 0.216. The molecule has 0 bridgehead atoms. The van der Waals surface area contributed by atoms with Gasteiger partial charge in [0, 0.05) is 16.2 Å². The molecule has 9 aromatic heterocycles. The number of primary amides is 7. The van der Waals surface area contributed by atoms with E-state index in [-0.39, 0.29) is 57.6 Å². The zero-order chi connectivity index (χ0) is 95.4. The molecule has 6 atom stereocenters. The Kier molecular flexibility index (Phi) is 47.5. The number of halogens is 6. The van der Waals surface area contributed by atoms with Crippen molar-refractivity contribution >= 4 is 202 Å². The van der Waals surface area contributed by atoms with Crippen molar-refractivity contribution in [2.75, 3.05) is 43.0 Å². The third kappa shape index (κ3) is 36.1. The molecule has 0 aliphatic rings. The van der Waals surface area contributed by atoms with Gasteiger partial charge >= 0.3 is 0 Å². The average Bonchev–Trinajstić information content (AvgIpc) is 0.832. The second kappa shape index (κ2) is 56.7. The van der Waals surface area contributed by atoms with E-state index in [2.05, 4.69) is 88.1 Å². The highest BCUT2D eigenvalue weighted by molar-refractivity contribution is 6.33. The van der Waals surface area contributed by atoms with Crippen molar-refractivity contribution < 1.29 is 33.6 Å². The number of hydrogen-bond donors (Lipinski definition) is 16. The summed E-state index contributed by atoms with van der Waals surface area (Å²) in [5.41, 5.74) is 53.9. The van der Waals surface area contributed by atoms with E-state index in [1.165, 1.54) is 36.4 Å². The lowest BCUT2D eigenvalue weighted by atomic mass is 10.2. The van der Waals surface area contributed by atoms with Gasteiger partial charge in [0.25, 0.3) is 5.91 Å². The van der Waals surface area contributed by atoms with Crippen LogP contribution in [0.5, 0.6) is 0 Å². The average molecular weight is 1900 g/mol. The molecule has 12 rings (SSSR count). The second-order valence-corrected chi connectivity index (χ2v) is 28.5. The van der Waals surface area contributed by atoms with Gasteiger partial charge in [-0.2, -0.15) is 26.3 Å². The first-order chi connectivity index (χ1) is 61.6. The number of nitrogens with one attached hydrogen (secondary N) is 7. The number of amides is 7. The van der Waals surface area contributed by atoms with Crippen molar-refractivity contribution in [3.05, 3.63) is 242 Å². The van der Waals surface area contributed by atoms with Crippen LogP contribution < -0.4 is 88.8 Å². The number of carbonyl (C=O) groups excluding carboxylic acids is 7. The molecule has 12 aromatic rings. The van der Waals surface area contributed by atoms with Crippen LogP contribution in [0.2, 0.25) is 25.8 Å². The predicted molar refractivity (Wildman–Crippen MR) is 515 cm³/mol. The van der Waals surface area contributed by atoms with E-state index < -0.39 is 77.6 Å². The topological polar surface area (TPSA) is 673 Å². The maximum absolute atomic E-state index is 11.8. The first kappa shape index (κ1) is 110. The fourth-order valence-electron chi connectivity index (χ4n) is 10.5. The summed E-state index contributed by atoms with van der Waals surface area (Å²) in [6.45, 7) is 11.0. The lowest BCUT2D eigenvalue weighted by Gasteiger charge is -2.16. The molecule has 0 fully saturated rings. The smallest absolute Gasteiger partial charge is 0.252 e. The van der Waals surface area contributed by atoms with E-state index in [1.807, 2.05) is 150 Å². The maximum atomic E-state index is 11.8. The number of rotatable bonds is 27. The summed E-state index contributed by atoms with van der Waals surface area (Å²) in [5.74, 6) is -0.730. The summed E-state index contributed by atoms with van der Waals surface area (Å²) < 4.78 is 0. The summed E-state index contributed by atoms with van der Waals surface area (Å²) in [5, 5.41) is 68.4. The number of carbonyl (C=O) groups is 7. The minimum Gasteiger partial charge on any atom is -0.397 e. The Morgan fingerprint density at radius 2 is 0.656 bits per heavy atom. The van der Waals surface area contributed by atoms with Crippen LogP contribution in [0.1, 0.15) is 126 Å². The van der Waals surface area contributed by atoms with Gasteiger partial charge in [0.05, 0.1) is 91.6 Å². The minimum atomic E-state index is -0.618. The number of benzene rings is 3. The monoisotopic (exact) mass is 1890 g/mol. The number of nitriles is 5. The molecule has 0 saturated carbocycles. The molecule has 0 unspecified atom stereocenters. The summed E-state index contributed by atoms with van der Waals surface area (Å²) in [6, 6.07) is 54.4. The number of nitrogen functional groups attached to an aromatic ring is 1. The molecule has 0 aliphatic carbocycles. The van der Waals surface area contributed by atoms with Crippen LogP contribution in [0.25, 0.3) is 32.7 Å². The Morgan fingerprint density at radius 3 is 1.00 bits per heavy atom. The van der Waals surface area contributed by atoms with Crippen molar-refractivity contribution in [2.45, 2.75) is 124 Å². The van der Waals surface area contributed by atoms with E-state index in [1.54, 1.807) is 61.9 Å². The minimum absolute atomic E-state index is 0. The number of pyridine rings is 9. The fourth-order valence-corrected chi connectivity index (χ4v) is 11.4. The van der Waals surface area contributed by atoms with Gasteiger partial charge in [0.1, 0.15) is 121 Å². The Hall–Kier alpha value is -15.4. The van der Waals surface area contributed by atoms with Gasteiger partial charge in [-0.15, -0.1) is 12.4 Å². The first-order valence-electron chi connectivity index (χ1n) is 38.9. The summed E-state index contributed by atoms with van der Waals surface area (Å²) in [6.07, 6.45) is 8.27. The number of nitrogens with zero attached hydrogens (tertiary/aromatic N) is 14. The van der Waals surface area contributed by atoms with Crippen LogP contribution in [0, 0.1) is 56.7 Å². The molecular formula is C88H96Cl6N30O7. The number of anilines is 10. The van der Waals surface area contributed by atoms with E-state index in [9.17, 15) is 38.8 Å². The SMILES string of the molecule is C.CC[C@@H](N)C(N)=O.CC[C@@H](Nc1ccc(C#N)c(Cl)n1)C(N)=O.CC[C@@H](Nc1ccc(C#N)c(Cl)n1)C(N)=O.CC[C@@H](Nc1ccc(C#N)c(Nc2cnc3ccccc3c2)n1)C(N)=O.CC[C@@H](Nc1ccc(C(N)=O)c(Nc2cnc3ccccc3c2)n1)C(N)=O.CC[C@@H](Nc1nc(Cl)ccc1C#N)C(N)=O.Cl.N#Cc1ccc(Cl)nc1Cl.Nc1cnc2ccccc2c1. The second-order valence-electron chi connectivity index (χ2n) is 26.7. The lowest BCUT2D eigenvalue weighted by Crippen LogP contribution is -2.35. The molecule has 682 valence electrons. The van der Waals surface area contributed by atoms with E-state index >= 15 is 0 Å². The summed E-state index contributed by atoms with van der Waals surface area (Å²) >= 11 is 28.2. The molecule has 7 amide bonds. The van der Waals surface area contributed by atoms with Gasteiger partial charge in [-0.3, -0.25) is 48.5 Å². The van der Waals surface area contributed by atoms with Gasteiger partial charge in [0.15, 0.2) is 5.82 Å². The molecule has 131 heavy (non-hydrogen) atoms. The predicted octanol–water partition coefficient (Wildman–Crippen LogP) is 13.3. The molecule has 9 heterocycles. The molecule has 3 aromatic carbocycles. The molecular weight excluding hydrogens is 1800 g/mol. The molecule has 25 N–H and O–H groups in total. The highest BCUT2D eigenvalue weighted by atomic mass is 35.5. The number of para-hydroxylation sites is 3. The summed E-state index contributed by atoms with van der Waals surface area (Å²) in [7, 11) is 0. The first-order valence-corrected chi connectivity index (χ1v) is 40.8. The Balaban J connectivity index is 0.000000397. The van der Waals surface area contributed by atoms with Gasteiger partial charge in [0.2, 0.25) is 35.4 Å². The molecule has 0 aliphatic heterocycles. The van der Waals surface area contributed by atoms with Crippen LogP contribution in [0.4, 0.5) is 57.8 Å². The maximum Gasteiger partial charge on any atom is 0.252 e. The molecule has 0 radical (unpaired) electrons. The normalized spacial score (nSPS) is 11.2. The zero-order valence-corrected chi connectivity index (χ0v) is 75.2. The highest BCUT2D eigenvalue weighted by Gasteiger charge is 2.21. The van der Waals surface area contributed by atoms with Crippen LogP contribution in [0.15, 0.2) is 182 Å². The van der Waals surface area contributed by atoms with E-state index in [4.69, 9.17) is 131 Å². The lowest BCUT2D eigenvalue weighted by molar-refractivity contribution is -0.120. The van der Waals surface area contributed by atoms with E-state index in [0.717, 1.165) is 32.7 Å². The molecule has 43 heteroatoms. The van der Waals surface area contributed by atoms with Crippen molar-refractivity contribution in [3.8, 4) is 30.3 Å². The molecule has 0 spiro atoms. The Labute approximate surface area is 786 Å². The Bertz CT molecular complexity index is 6070. The van der Waals surface area contributed by atoms with Crippen molar-refractivity contribution in [1.82, 2.24) is 44.9 Å². The van der Waals surface area contributed by atoms with Gasteiger partial charge in [-0.05, 0) is 148 Å². The van der Waals surface area contributed by atoms with Crippen LogP contribution >= 0.6 is 70.4 Å².